The first-order valence-electron chi connectivity index (χ1n) is 7.93. The van der Waals surface area contributed by atoms with Crippen molar-refractivity contribution in [2.45, 2.75) is 25.4 Å². The van der Waals surface area contributed by atoms with E-state index in [-0.39, 0.29) is 17.6 Å². The fraction of sp³-hybridized carbons (Fsp3) is 0.533. The lowest BCUT2D eigenvalue weighted by molar-refractivity contribution is 0.121. The van der Waals surface area contributed by atoms with Crippen LogP contribution in [0.2, 0.25) is 0 Å². The molecule has 1 N–H and O–H groups in total. The summed E-state index contributed by atoms with van der Waals surface area (Å²) in [5.41, 5.74) is 0.780. The minimum atomic E-state index is -0.0290. The molecule has 0 aliphatic carbocycles. The molecular formula is C15H19N5O2S. The van der Waals surface area contributed by atoms with Gasteiger partial charge in [-0.25, -0.2) is 9.78 Å². The van der Waals surface area contributed by atoms with Gasteiger partial charge in [0.2, 0.25) is 0 Å². The third-order valence-corrected chi connectivity index (χ3v) is 5.31. The molecule has 2 aliphatic rings. The van der Waals surface area contributed by atoms with E-state index < -0.39 is 0 Å². The molecule has 0 bridgehead atoms. The predicted molar refractivity (Wildman–Crippen MR) is 87.7 cm³/mol. The van der Waals surface area contributed by atoms with Gasteiger partial charge in [-0.2, -0.15) is 0 Å². The zero-order chi connectivity index (χ0) is 15.8. The predicted octanol–water partition coefficient (Wildman–Crippen LogP) is 0.746. The Balaban J connectivity index is 1.49. The summed E-state index contributed by atoms with van der Waals surface area (Å²) < 4.78 is 1.57. The van der Waals surface area contributed by atoms with Crippen LogP contribution in [0.15, 0.2) is 22.4 Å². The van der Waals surface area contributed by atoms with Crippen LogP contribution in [0.3, 0.4) is 0 Å². The Morgan fingerprint density at radius 1 is 1.35 bits per heavy atom. The molecule has 2 fully saturated rings. The van der Waals surface area contributed by atoms with Crippen LogP contribution in [-0.4, -0.2) is 57.4 Å². The minimum absolute atomic E-state index is 0.0290. The Hall–Kier alpha value is -1.93. The lowest BCUT2D eigenvalue weighted by Crippen LogP contribution is -2.48. The van der Waals surface area contributed by atoms with Gasteiger partial charge < -0.3 is 10.2 Å². The molecule has 0 radical (unpaired) electrons. The van der Waals surface area contributed by atoms with E-state index in [4.69, 9.17) is 0 Å². The van der Waals surface area contributed by atoms with Gasteiger partial charge in [-0.05, 0) is 19.4 Å². The summed E-state index contributed by atoms with van der Waals surface area (Å²) in [6, 6.07) is 1.93. The highest BCUT2D eigenvalue weighted by Gasteiger charge is 2.31. The van der Waals surface area contributed by atoms with Crippen LogP contribution in [0, 0.1) is 0 Å². The molecule has 1 atom stereocenters. The first kappa shape index (κ1) is 14.6. The van der Waals surface area contributed by atoms with Crippen LogP contribution in [0.5, 0.6) is 0 Å². The lowest BCUT2D eigenvalue weighted by Gasteiger charge is -2.36. The third kappa shape index (κ3) is 2.84. The van der Waals surface area contributed by atoms with Crippen LogP contribution in [-0.2, 0) is 6.54 Å². The molecule has 0 unspecified atom stereocenters. The van der Waals surface area contributed by atoms with Crippen molar-refractivity contribution < 1.29 is 4.79 Å². The first-order chi connectivity index (χ1) is 11.2. The fourth-order valence-corrected chi connectivity index (χ4v) is 4.20. The second-order valence-corrected chi connectivity index (χ2v) is 6.97. The summed E-state index contributed by atoms with van der Waals surface area (Å²) in [5, 5.41) is 4.74. The molecule has 4 rings (SSSR count). The Bertz CT molecular complexity index is 786. The average molecular weight is 333 g/mol. The highest BCUT2D eigenvalue weighted by atomic mass is 32.1. The number of carbonyl (C=O) groups excluding carboxylic acids is 1. The minimum Gasteiger partial charge on any atom is -0.336 e. The molecule has 7 nitrogen and oxygen atoms in total. The fourth-order valence-electron chi connectivity index (χ4n) is 3.46. The molecule has 0 spiro atoms. The van der Waals surface area contributed by atoms with Gasteiger partial charge in [0.15, 0.2) is 4.96 Å². The topological polar surface area (TPSA) is 70.0 Å². The Morgan fingerprint density at radius 2 is 2.26 bits per heavy atom. The van der Waals surface area contributed by atoms with Crippen molar-refractivity contribution in [3.05, 3.63) is 33.7 Å². The van der Waals surface area contributed by atoms with Gasteiger partial charge in [0.25, 0.3) is 5.56 Å². The number of amides is 2. The maximum Gasteiger partial charge on any atom is 0.317 e. The van der Waals surface area contributed by atoms with E-state index in [0.29, 0.717) is 6.54 Å². The molecule has 23 heavy (non-hydrogen) atoms. The number of thiazole rings is 1. The van der Waals surface area contributed by atoms with E-state index in [0.717, 1.165) is 49.7 Å². The van der Waals surface area contributed by atoms with E-state index in [1.807, 2.05) is 10.3 Å². The standard InChI is InChI=1S/C15H19N5O2S/c21-13-8-11(17-15-20(13)6-7-23-15)9-18-4-1-2-12(10-18)19-5-3-16-14(19)22/h6-8,12H,1-5,9-10H2,(H,16,22)/t12-/m1/s1. The van der Waals surface area contributed by atoms with Crippen molar-refractivity contribution in [1.82, 2.24) is 24.5 Å². The van der Waals surface area contributed by atoms with Crippen molar-refractivity contribution in [2.24, 2.45) is 0 Å². The Kier molecular flexibility index (Phi) is 3.78. The van der Waals surface area contributed by atoms with Crippen LogP contribution < -0.4 is 10.9 Å². The first-order valence-corrected chi connectivity index (χ1v) is 8.81. The summed E-state index contributed by atoms with van der Waals surface area (Å²) in [4.78, 5) is 33.5. The summed E-state index contributed by atoms with van der Waals surface area (Å²) in [7, 11) is 0. The van der Waals surface area contributed by atoms with Gasteiger partial charge in [0.1, 0.15) is 0 Å². The van der Waals surface area contributed by atoms with Gasteiger partial charge in [-0.15, -0.1) is 11.3 Å². The molecular weight excluding hydrogens is 314 g/mol. The quantitative estimate of drug-likeness (QED) is 0.900. The smallest absolute Gasteiger partial charge is 0.317 e. The summed E-state index contributed by atoms with van der Waals surface area (Å²) in [6.07, 6.45) is 3.86. The van der Waals surface area contributed by atoms with Crippen LogP contribution >= 0.6 is 11.3 Å². The normalized spacial score (nSPS) is 22.7. The van der Waals surface area contributed by atoms with Crippen LogP contribution in [0.4, 0.5) is 4.79 Å². The number of piperidine rings is 1. The van der Waals surface area contributed by atoms with E-state index in [2.05, 4.69) is 15.2 Å². The molecule has 0 aromatic carbocycles. The van der Waals surface area contributed by atoms with Crippen molar-refractivity contribution >= 4 is 22.3 Å². The number of hydrogen-bond donors (Lipinski definition) is 1. The molecule has 2 aliphatic heterocycles. The maximum absolute atomic E-state index is 12.1. The maximum atomic E-state index is 12.1. The number of hydrogen-bond acceptors (Lipinski definition) is 5. The second-order valence-electron chi connectivity index (χ2n) is 6.10. The van der Waals surface area contributed by atoms with Crippen LogP contribution in [0.25, 0.3) is 4.96 Å². The van der Waals surface area contributed by atoms with Gasteiger partial charge in [-0.3, -0.25) is 14.1 Å². The SMILES string of the molecule is O=C1NCCN1[C@@H]1CCCN(Cc2cc(=O)n3ccsc3n2)C1. The summed E-state index contributed by atoms with van der Waals surface area (Å²) in [5.74, 6) is 0. The number of urea groups is 1. The number of nitrogens with one attached hydrogen (secondary N) is 1. The zero-order valence-electron chi connectivity index (χ0n) is 12.8. The molecule has 8 heteroatoms. The zero-order valence-corrected chi connectivity index (χ0v) is 13.6. The highest BCUT2D eigenvalue weighted by Crippen LogP contribution is 2.19. The number of rotatable bonds is 3. The number of aromatic nitrogens is 2. The average Bonchev–Trinajstić information content (AvgIpc) is 3.16. The van der Waals surface area contributed by atoms with E-state index in [1.54, 1.807) is 16.7 Å². The van der Waals surface area contributed by atoms with Gasteiger partial charge in [0, 0.05) is 49.9 Å². The molecule has 2 aromatic heterocycles. The van der Waals surface area contributed by atoms with Crippen molar-refractivity contribution in [3.63, 3.8) is 0 Å². The Labute approximate surface area is 137 Å². The van der Waals surface area contributed by atoms with Crippen molar-refractivity contribution in [3.8, 4) is 0 Å². The van der Waals surface area contributed by atoms with E-state index in [1.165, 1.54) is 11.3 Å². The van der Waals surface area contributed by atoms with Crippen LogP contribution in [0.1, 0.15) is 18.5 Å². The largest absolute Gasteiger partial charge is 0.336 e. The molecule has 2 amide bonds. The third-order valence-electron chi connectivity index (χ3n) is 4.55. The van der Waals surface area contributed by atoms with Gasteiger partial charge >= 0.3 is 6.03 Å². The summed E-state index contributed by atoms with van der Waals surface area (Å²) in [6.45, 7) is 4.02. The van der Waals surface area contributed by atoms with E-state index >= 15 is 0 Å². The lowest BCUT2D eigenvalue weighted by atomic mass is 10.0. The molecule has 122 valence electrons. The number of nitrogens with zero attached hydrogens (tertiary/aromatic N) is 4. The number of carbonyl (C=O) groups is 1. The Morgan fingerprint density at radius 3 is 3.09 bits per heavy atom. The van der Waals surface area contributed by atoms with Gasteiger partial charge in [0.05, 0.1) is 5.69 Å². The molecule has 2 saturated heterocycles. The number of likely N-dealkylation sites (tertiary alicyclic amines) is 1. The second kappa shape index (κ2) is 5.93. The van der Waals surface area contributed by atoms with Gasteiger partial charge in [-0.1, -0.05) is 0 Å². The molecule has 2 aromatic rings. The molecule has 4 heterocycles. The summed E-state index contributed by atoms with van der Waals surface area (Å²) >= 11 is 1.47. The molecule has 0 saturated carbocycles. The van der Waals surface area contributed by atoms with Crippen molar-refractivity contribution in [2.75, 3.05) is 26.2 Å². The highest BCUT2D eigenvalue weighted by molar-refractivity contribution is 7.15. The van der Waals surface area contributed by atoms with Crippen molar-refractivity contribution in [1.29, 1.82) is 0 Å². The monoisotopic (exact) mass is 333 g/mol. The van der Waals surface area contributed by atoms with E-state index in [9.17, 15) is 9.59 Å². The number of fused-ring (bicyclic) bond motifs is 1.